The molecule has 1 N–H and O–H groups in total. The number of azo groups is 1. The Kier molecular flexibility index (Phi) is 10.6. The van der Waals surface area contributed by atoms with Gasteiger partial charge in [0.25, 0.3) is 5.91 Å². The van der Waals surface area contributed by atoms with Crippen molar-refractivity contribution in [2.24, 2.45) is 10.2 Å². The van der Waals surface area contributed by atoms with Crippen LogP contribution in [0, 0.1) is 0 Å². The average Bonchev–Trinajstić information content (AvgIpc) is 2.78. The molecule has 2 aromatic rings. The monoisotopic (exact) mass is 491 g/mol. The first-order valence-corrected chi connectivity index (χ1v) is 11.4. The topological polar surface area (TPSA) is 108 Å². The number of amides is 1. The first kappa shape index (κ1) is 26.9. The maximum atomic E-state index is 13.0. The summed E-state index contributed by atoms with van der Waals surface area (Å²) in [7, 11) is 0. The molecule has 34 heavy (non-hydrogen) atoms. The Morgan fingerprint density at radius 2 is 1.47 bits per heavy atom. The van der Waals surface area contributed by atoms with E-state index < -0.39 is 17.7 Å². The highest BCUT2D eigenvalue weighted by Gasteiger charge is 2.26. The fourth-order valence-electron chi connectivity index (χ4n) is 2.97. The fourth-order valence-corrected chi connectivity index (χ4v) is 3.22. The molecule has 1 amide bonds. The van der Waals surface area contributed by atoms with E-state index in [4.69, 9.17) is 30.5 Å². The lowest BCUT2D eigenvalue weighted by Crippen LogP contribution is -2.32. The quantitative estimate of drug-likeness (QED) is 0.288. The molecule has 0 aromatic heterocycles. The summed E-state index contributed by atoms with van der Waals surface area (Å²) < 4.78 is 22.3. The van der Waals surface area contributed by atoms with Crippen molar-refractivity contribution < 1.29 is 28.5 Å². The van der Waals surface area contributed by atoms with Gasteiger partial charge in [-0.25, -0.2) is 0 Å². The zero-order valence-electron chi connectivity index (χ0n) is 20.0. The molecule has 0 aliphatic rings. The third-order valence-corrected chi connectivity index (χ3v) is 4.65. The van der Waals surface area contributed by atoms with Crippen LogP contribution >= 0.6 is 11.6 Å². The number of hydrogen-bond acceptors (Lipinski definition) is 8. The van der Waals surface area contributed by atoms with Crippen molar-refractivity contribution in [3.63, 3.8) is 0 Å². The van der Waals surface area contributed by atoms with Gasteiger partial charge in [0.2, 0.25) is 6.04 Å². The van der Waals surface area contributed by atoms with Gasteiger partial charge in [-0.2, -0.15) is 5.11 Å². The Balaban J connectivity index is 2.38. The maximum Gasteiger partial charge on any atom is 0.258 e. The van der Waals surface area contributed by atoms with Gasteiger partial charge in [-0.05, 0) is 46.8 Å². The van der Waals surface area contributed by atoms with E-state index in [0.29, 0.717) is 55.1 Å². The van der Waals surface area contributed by atoms with Gasteiger partial charge < -0.3 is 24.3 Å². The van der Waals surface area contributed by atoms with Crippen LogP contribution in [0.3, 0.4) is 0 Å². The lowest BCUT2D eigenvalue weighted by Gasteiger charge is -2.17. The Labute approximate surface area is 204 Å². The van der Waals surface area contributed by atoms with Gasteiger partial charge in [-0.15, -0.1) is 5.11 Å². The lowest BCUT2D eigenvalue weighted by atomic mass is 10.2. The normalized spacial score (nSPS) is 11.7. The van der Waals surface area contributed by atoms with Crippen molar-refractivity contribution in [3.8, 4) is 23.0 Å². The molecule has 1 atom stereocenters. The Morgan fingerprint density at radius 3 is 2.00 bits per heavy atom. The number of anilines is 1. The van der Waals surface area contributed by atoms with Crippen molar-refractivity contribution in [3.05, 3.63) is 35.4 Å². The number of benzene rings is 2. The summed E-state index contributed by atoms with van der Waals surface area (Å²) in [6, 6.07) is 6.91. The number of rotatable bonds is 13. The van der Waals surface area contributed by atoms with Gasteiger partial charge in [0, 0.05) is 12.1 Å². The molecule has 1 unspecified atom stereocenters. The van der Waals surface area contributed by atoms with Crippen LogP contribution in [0.4, 0.5) is 11.4 Å². The number of halogens is 1. The van der Waals surface area contributed by atoms with Crippen LogP contribution in [-0.4, -0.2) is 44.2 Å². The smallest absolute Gasteiger partial charge is 0.258 e. The zero-order valence-corrected chi connectivity index (χ0v) is 20.8. The second-order valence-corrected chi connectivity index (χ2v) is 7.24. The van der Waals surface area contributed by atoms with E-state index in [-0.39, 0.29) is 10.7 Å². The molecule has 2 rings (SSSR count). The first-order chi connectivity index (χ1) is 16.4. The number of nitrogens with zero attached hydrogens (tertiary/aromatic N) is 2. The average molecular weight is 492 g/mol. The Morgan fingerprint density at radius 1 is 0.912 bits per heavy atom. The van der Waals surface area contributed by atoms with E-state index in [1.807, 2.05) is 20.8 Å². The van der Waals surface area contributed by atoms with Gasteiger partial charge in [0.15, 0.2) is 23.0 Å². The molecule has 0 saturated heterocycles. The Bertz CT molecular complexity index is 1000. The molecule has 9 nitrogen and oxygen atoms in total. The summed E-state index contributed by atoms with van der Waals surface area (Å²) >= 11 is 6.37. The van der Waals surface area contributed by atoms with E-state index in [1.165, 1.54) is 6.92 Å². The SMILES string of the molecule is CCOc1cc(Cl)c(NC(=O)C(N=Nc2c(OCC)cccc2OCC)C(C)=O)c(OCC)c1. The van der Waals surface area contributed by atoms with E-state index in [1.54, 1.807) is 37.3 Å². The van der Waals surface area contributed by atoms with Crippen LogP contribution in [-0.2, 0) is 9.59 Å². The largest absolute Gasteiger partial charge is 0.494 e. The summed E-state index contributed by atoms with van der Waals surface area (Å²) in [5, 5.41) is 11.0. The molecule has 0 heterocycles. The minimum absolute atomic E-state index is 0.197. The summed E-state index contributed by atoms with van der Waals surface area (Å²) in [5.74, 6) is 0.434. The van der Waals surface area contributed by atoms with Crippen LogP contribution in [0.15, 0.2) is 40.6 Å². The molecular formula is C24H30ClN3O6. The molecule has 0 aliphatic heterocycles. The lowest BCUT2D eigenvalue weighted by molar-refractivity contribution is -0.126. The van der Waals surface area contributed by atoms with Gasteiger partial charge >= 0.3 is 0 Å². The van der Waals surface area contributed by atoms with Gasteiger partial charge in [-0.3, -0.25) is 9.59 Å². The van der Waals surface area contributed by atoms with Crippen LogP contribution in [0.1, 0.15) is 34.6 Å². The molecule has 184 valence electrons. The van der Waals surface area contributed by atoms with Gasteiger partial charge in [0.05, 0.1) is 31.5 Å². The van der Waals surface area contributed by atoms with Crippen LogP contribution < -0.4 is 24.3 Å². The summed E-state index contributed by atoms with van der Waals surface area (Å²) in [5.41, 5.74) is 0.502. The standard InChI is InChI=1S/C24H30ClN3O6/c1-6-31-16-13-17(25)22(20(14-16)34-9-4)26-24(30)21(15(5)29)27-28-23-18(32-7-2)11-10-12-19(23)33-8-3/h10-14,21H,6-9H2,1-5H3,(H,26,30). The minimum atomic E-state index is -1.43. The molecule has 0 spiro atoms. The summed E-state index contributed by atoms with van der Waals surface area (Å²) in [4.78, 5) is 25.3. The molecule has 0 aliphatic carbocycles. The molecule has 10 heteroatoms. The number of ketones is 1. The predicted molar refractivity (Wildman–Crippen MR) is 130 cm³/mol. The maximum absolute atomic E-state index is 13.0. The van der Waals surface area contributed by atoms with Crippen LogP contribution in [0.2, 0.25) is 5.02 Å². The van der Waals surface area contributed by atoms with Crippen molar-refractivity contribution in [1.82, 2.24) is 0 Å². The first-order valence-electron chi connectivity index (χ1n) is 11.1. The van der Waals surface area contributed by atoms with Crippen molar-refractivity contribution >= 4 is 34.7 Å². The van der Waals surface area contributed by atoms with Crippen LogP contribution in [0.25, 0.3) is 0 Å². The number of Topliss-reactive ketones (excluding diaryl/α,β-unsaturated/α-hetero) is 1. The molecule has 0 bridgehead atoms. The zero-order chi connectivity index (χ0) is 25.1. The second kappa shape index (κ2) is 13.4. The third kappa shape index (κ3) is 7.08. The summed E-state index contributed by atoms with van der Waals surface area (Å²) in [6.45, 7) is 10.1. The van der Waals surface area contributed by atoms with E-state index >= 15 is 0 Å². The number of nitrogens with one attached hydrogen (secondary N) is 1. The number of carbonyl (C=O) groups is 2. The van der Waals surface area contributed by atoms with E-state index in [2.05, 4.69) is 15.5 Å². The number of carbonyl (C=O) groups excluding carboxylic acids is 2. The summed E-state index contributed by atoms with van der Waals surface area (Å²) in [6.07, 6.45) is 0. The third-order valence-electron chi connectivity index (χ3n) is 4.35. The molecule has 2 aromatic carbocycles. The highest BCUT2D eigenvalue weighted by molar-refractivity contribution is 6.34. The van der Waals surface area contributed by atoms with Crippen molar-refractivity contribution in [2.75, 3.05) is 31.7 Å². The minimum Gasteiger partial charge on any atom is -0.494 e. The van der Waals surface area contributed by atoms with E-state index in [0.717, 1.165) is 0 Å². The number of hydrogen-bond donors (Lipinski definition) is 1. The number of ether oxygens (including phenoxy) is 4. The van der Waals surface area contributed by atoms with Gasteiger partial charge in [-0.1, -0.05) is 17.7 Å². The van der Waals surface area contributed by atoms with Gasteiger partial charge in [0.1, 0.15) is 17.2 Å². The second-order valence-electron chi connectivity index (χ2n) is 6.83. The predicted octanol–water partition coefficient (Wildman–Crippen LogP) is 5.61. The Hall–Kier alpha value is -3.33. The van der Waals surface area contributed by atoms with Crippen LogP contribution in [0.5, 0.6) is 23.0 Å². The van der Waals surface area contributed by atoms with Crippen molar-refractivity contribution in [2.45, 2.75) is 40.7 Å². The molecule has 0 radical (unpaired) electrons. The van der Waals surface area contributed by atoms with E-state index in [9.17, 15) is 9.59 Å². The molecule has 0 fully saturated rings. The fraction of sp³-hybridized carbons (Fsp3) is 0.417. The highest BCUT2D eigenvalue weighted by Crippen LogP contribution is 2.39. The molecule has 0 saturated carbocycles. The van der Waals surface area contributed by atoms with Crippen molar-refractivity contribution in [1.29, 1.82) is 0 Å². The highest BCUT2D eigenvalue weighted by atomic mass is 35.5. The molecular weight excluding hydrogens is 462 g/mol.